The first kappa shape index (κ1) is 16.3. The lowest BCUT2D eigenvalue weighted by Crippen LogP contribution is -2.28. The van der Waals surface area contributed by atoms with E-state index in [9.17, 15) is 19.7 Å². The minimum absolute atomic E-state index is 0.0451. The molecular formula is C12H15N3O6. The SMILES string of the molecule is O=C(O)CCCN(CCC(=O)O)c1ccc([N+](=O)[O-])cn1. The molecule has 0 fully saturated rings. The largest absolute Gasteiger partial charge is 0.481 e. The van der Waals surface area contributed by atoms with Crippen LogP contribution in [0.3, 0.4) is 0 Å². The van der Waals surface area contributed by atoms with Crippen LogP contribution in [0.5, 0.6) is 0 Å². The number of hydrogen-bond donors (Lipinski definition) is 2. The summed E-state index contributed by atoms with van der Waals surface area (Å²) in [5.74, 6) is -1.54. The third-order valence-electron chi connectivity index (χ3n) is 2.68. The fourth-order valence-electron chi connectivity index (χ4n) is 1.67. The van der Waals surface area contributed by atoms with Crippen molar-refractivity contribution in [1.82, 2.24) is 4.98 Å². The Labute approximate surface area is 120 Å². The molecule has 1 aromatic rings. The highest BCUT2D eigenvalue weighted by molar-refractivity contribution is 5.68. The molecule has 1 heterocycles. The molecule has 0 amide bonds. The van der Waals surface area contributed by atoms with Crippen LogP contribution in [0.15, 0.2) is 18.3 Å². The van der Waals surface area contributed by atoms with Crippen LogP contribution in [0.2, 0.25) is 0 Å². The molecule has 9 nitrogen and oxygen atoms in total. The van der Waals surface area contributed by atoms with Gasteiger partial charge in [0.2, 0.25) is 0 Å². The van der Waals surface area contributed by atoms with E-state index in [4.69, 9.17) is 10.2 Å². The highest BCUT2D eigenvalue weighted by atomic mass is 16.6. The molecule has 0 unspecified atom stereocenters. The van der Waals surface area contributed by atoms with Crippen LogP contribution >= 0.6 is 0 Å². The van der Waals surface area contributed by atoms with Crippen LogP contribution in [0, 0.1) is 10.1 Å². The number of nitro groups is 1. The van der Waals surface area contributed by atoms with Crippen LogP contribution in [0.25, 0.3) is 0 Å². The number of carbonyl (C=O) groups is 2. The number of hydrogen-bond acceptors (Lipinski definition) is 6. The average Bonchev–Trinajstić information content (AvgIpc) is 2.42. The molecule has 0 aliphatic heterocycles. The number of anilines is 1. The molecule has 0 radical (unpaired) electrons. The van der Waals surface area contributed by atoms with Crippen LogP contribution in [-0.2, 0) is 9.59 Å². The van der Waals surface area contributed by atoms with Gasteiger partial charge < -0.3 is 15.1 Å². The molecule has 0 atom stereocenters. The lowest BCUT2D eigenvalue weighted by Gasteiger charge is -2.22. The predicted molar refractivity (Wildman–Crippen MR) is 72.2 cm³/mol. The van der Waals surface area contributed by atoms with E-state index in [0.717, 1.165) is 6.20 Å². The third kappa shape index (κ3) is 5.85. The second-order valence-corrected chi connectivity index (χ2v) is 4.26. The topological polar surface area (TPSA) is 134 Å². The van der Waals surface area contributed by atoms with Crippen LogP contribution in [0.1, 0.15) is 19.3 Å². The summed E-state index contributed by atoms with van der Waals surface area (Å²) >= 11 is 0. The van der Waals surface area contributed by atoms with Crippen molar-refractivity contribution in [2.75, 3.05) is 18.0 Å². The molecule has 0 aliphatic rings. The number of carboxylic acids is 2. The van der Waals surface area contributed by atoms with Gasteiger partial charge in [-0.25, -0.2) is 4.98 Å². The van der Waals surface area contributed by atoms with E-state index in [1.165, 1.54) is 12.1 Å². The maximum Gasteiger partial charge on any atom is 0.305 e. The van der Waals surface area contributed by atoms with E-state index in [2.05, 4.69) is 4.98 Å². The van der Waals surface area contributed by atoms with Gasteiger partial charge in [-0.2, -0.15) is 0 Å². The van der Waals surface area contributed by atoms with Gasteiger partial charge in [-0.15, -0.1) is 0 Å². The Balaban J connectivity index is 2.75. The Bertz CT molecular complexity index is 516. The number of nitrogens with zero attached hydrogens (tertiary/aromatic N) is 3. The Morgan fingerprint density at radius 1 is 1.19 bits per heavy atom. The lowest BCUT2D eigenvalue weighted by molar-refractivity contribution is -0.385. The number of rotatable bonds is 9. The highest BCUT2D eigenvalue weighted by Gasteiger charge is 2.13. The van der Waals surface area contributed by atoms with Gasteiger partial charge in [0, 0.05) is 25.6 Å². The van der Waals surface area contributed by atoms with Gasteiger partial charge in [-0.1, -0.05) is 0 Å². The first-order valence-electron chi connectivity index (χ1n) is 6.19. The van der Waals surface area contributed by atoms with Gasteiger partial charge in [-0.3, -0.25) is 19.7 Å². The number of pyridine rings is 1. The van der Waals surface area contributed by atoms with Gasteiger partial charge in [-0.05, 0) is 12.5 Å². The molecule has 21 heavy (non-hydrogen) atoms. The molecular weight excluding hydrogens is 282 g/mol. The van der Waals surface area contributed by atoms with E-state index in [1.807, 2.05) is 0 Å². The Morgan fingerprint density at radius 2 is 1.86 bits per heavy atom. The maximum absolute atomic E-state index is 10.6. The Hall–Kier alpha value is -2.71. The number of aromatic nitrogens is 1. The smallest absolute Gasteiger partial charge is 0.305 e. The minimum Gasteiger partial charge on any atom is -0.481 e. The average molecular weight is 297 g/mol. The first-order valence-corrected chi connectivity index (χ1v) is 6.19. The van der Waals surface area contributed by atoms with Crippen molar-refractivity contribution >= 4 is 23.4 Å². The van der Waals surface area contributed by atoms with Gasteiger partial charge >= 0.3 is 11.9 Å². The first-order chi connectivity index (χ1) is 9.90. The summed E-state index contributed by atoms with van der Waals surface area (Å²) in [7, 11) is 0. The monoisotopic (exact) mass is 297 g/mol. The molecule has 1 aromatic heterocycles. The normalized spacial score (nSPS) is 10.1. The van der Waals surface area contributed by atoms with E-state index < -0.39 is 16.9 Å². The number of aliphatic carboxylic acids is 2. The van der Waals surface area contributed by atoms with Crippen molar-refractivity contribution in [2.24, 2.45) is 0 Å². The van der Waals surface area contributed by atoms with E-state index >= 15 is 0 Å². The van der Waals surface area contributed by atoms with Crippen LogP contribution in [-0.4, -0.2) is 45.1 Å². The fourth-order valence-corrected chi connectivity index (χ4v) is 1.67. The second-order valence-electron chi connectivity index (χ2n) is 4.26. The van der Waals surface area contributed by atoms with Crippen molar-refractivity contribution < 1.29 is 24.7 Å². The zero-order chi connectivity index (χ0) is 15.8. The highest BCUT2D eigenvalue weighted by Crippen LogP contribution is 2.16. The third-order valence-corrected chi connectivity index (χ3v) is 2.68. The van der Waals surface area contributed by atoms with Crippen LogP contribution in [0.4, 0.5) is 11.5 Å². The lowest BCUT2D eigenvalue weighted by atomic mass is 10.2. The standard InChI is InChI=1S/C12H15N3O6/c16-11(17)2-1-6-14(7-5-12(18)19)10-4-3-9(8-13-10)15(20)21/h3-4,8H,1-2,5-7H2,(H,16,17)(H,18,19). The summed E-state index contributed by atoms with van der Waals surface area (Å²) < 4.78 is 0. The van der Waals surface area contributed by atoms with Crippen molar-refractivity contribution in [3.8, 4) is 0 Å². The molecule has 0 bridgehead atoms. The van der Waals surface area contributed by atoms with E-state index in [-0.39, 0.29) is 25.1 Å². The summed E-state index contributed by atoms with van der Waals surface area (Å²) in [5.41, 5.74) is -0.164. The summed E-state index contributed by atoms with van der Waals surface area (Å²) in [4.78, 5) is 36.6. The second kappa shape index (κ2) is 7.78. The zero-order valence-corrected chi connectivity index (χ0v) is 11.1. The molecule has 0 aliphatic carbocycles. The molecule has 0 saturated carbocycles. The summed E-state index contributed by atoms with van der Waals surface area (Å²) in [6, 6.07) is 2.69. The van der Waals surface area contributed by atoms with Crippen molar-refractivity contribution in [3.05, 3.63) is 28.4 Å². The number of carboxylic acid groups (broad SMARTS) is 2. The van der Waals surface area contributed by atoms with Crippen molar-refractivity contribution in [1.29, 1.82) is 0 Å². The molecule has 9 heteroatoms. The minimum atomic E-state index is -0.986. The van der Waals surface area contributed by atoms with E-state index in [1.54, 1.807) is 4.90 Å². The summed E-state index contributed by atoms with van der Waals surface area (Å²) in [6.07, 6.45) is 1.23. The molecule has 2 N–H and O–H groups in total. The molecule has 1 rings (SSSR count). The molecule has 0 aromatic carbocycles. The van der Waals surface area contributed by atoms with Gasteiger partial charge in [0.15, 0.2) is 0 Å². The quantitative estimate of drug-likeness (QED) is 0.511. The van der Waals surface area contributed by atoms with Crippen molar-refractivity contribution in [3.63, 3.8) is 0 Å². The zero-order valence-electron chi connectivity index (χ0n) is 11.1. The molecule has 0 spiro atoms. The van der Waals surface area contributed by atoms with Gasteiger partial charge in [0.05, 0.1) is 11.3 Å². The Morgan fingerprint density at radius 3 is 2.33 bits per heavy atom. The predicted octanol–water partition coefficient (Wildman–Crippen LogP) is 1.14. The van der Waals surface area contributed by atoms with Gasteiger partial charge in [0.25, 0.3) is 5.69 Å². The van der Waals surface area contributed by atoms with Crippen LogP contribution < -0.4 is 4.90 Å². The molecule has 114 valence electrons. The fraction of sp³-hybridized carbons (Fsp3) is 0.417. The maximum atomic E-state index is 10.6. The summed E-state index contributed by atoms with van der Waals surface area (Å²) in [5, 5.41) is 27.9. The van der Waals surface area contributed by atoms with Gasteiger partial charge in [0.1, 0.15) is 12.0 Å². The van der Waals surface area contributed by atoms with E-state index in [0.29, 0.717) is 18.8 Å². The molecule has 0 saturated heterocycles. The Kier molecular flexibility index (Phi) is 6.05. The van der Waals surface area contributed by atoms with Crippen molar-refractivity contribution in [2.45, 2.75) is 19.3 Å². The summed E-state index contributed by atoms with van der Waals surface area (Å²) in [6.45, 7) is 0.462.